The summed E-state index contributed by atoms with van der Waals surface area (Å²) in [6, 6.07) is 19.7. The van der Waals surface area contributed by atoms with Crippen LogP contribution in [0.2, 0.25) is 0 Å². The van der Waals surface area contributed by atoms with Crippen molar-refractivity contribution in [3.05, 3.63) is 99.6 Å². The minimum atomic E-state index is -0.272. The van der Waals surface area contributed by atoms with Crippen LogP contribution in [0.3, 0.4) is 0 Å². The van der Waals surface area contributed by atoms with Crippen LogP contribution in [0.5, 0.6) is 11.5 Å². The number of fused-ring (bicyclic) bond motifs is 1. The first-order valence-electron chi connectivity index (χ1n) is 13.0. The summed E-state index contributed by atoms with van der Waals surface area (Å²) in [5.74, 6) is 1.33. The van der Waals surface area contributed by atoms with Crippen molar-refractivity contribution >= 4 is 22.7 Å². The number of likely N-dealkylation sites (N-methyl/N-ethyl adjacent to an activating group) is 1. The Balaban J connectivity index is 1.60. The monoisotopic (exact) mass is 542 g/mol. The van der Waals surface area contributed by atoms with Gasteiger partial charge in [0.15, 0.2) is 11.5 Å². The van der Waals surface area contributed by atoms with Crippen LogP contribution in [0.1, 0.15) is 32.1 Å². The van der Waals surface area contributed by atoms with Gasteiger partial charge in [-0.1, -0.05) is 30.3 Å². The topological polar surface area (TPSA) is 94.0 Å². The number of aryl methyl sites for hydroxylation is 1. The van der Waals surface area contributed by atoms with Crippen molar-refractivity contribution < 1.29 is 19.1 Å². The number of carbonyl (C=O) groups is 2. The molecule has 9 heteroatoms. The number of benzene rings is 3. The highest BCUT2D eigenvalue weighted by Gasteiger charge is 2.21. The Labute approximate surface area is 233 Å². The van der Waals surface area contributed by atoms with E-state index in [0.29, 0.717) is 65.3 Å². The summed E-state index contributed by atoms with van der Waals surface area (Å²) in [7, 11) is 8.17. The first kappa shape index (κ1) is 28.4. The predicted octanol–water partition coefficient (Wildman–Crippen LogP) is 3.67. The van der Waals surface area contributed by atoms with Crippen molar-refractivity contribution in [1.29, 1.82) is 0 Å². The molecule has 4 rings (SSSR count). The molecule has 2 amide bonds. The molecule has 3 aromatic carbocycles. The molecule has 0 aliphatic carbocycles. The van der Waals surface area contributed by atoms with E-state index in [9.17, 15) is 14.4 Å². The van der Waals surface area contributed by atoms with Crippen LogP contribution in [0.25, 0.3) is 10.9 Å². The Morgan fingerprint density at radius 2 is 1.48 bits per heavy atom. The third kappa shape index (κ3) is 5.98. The number of methoxy groups -OCH3 is 2. The van der Waals surface area contributed by atoms with Crippen molar-refractivity contribution in [2.75, 3.05) is 41.9 Å². The van der Waals surface area contributed by atoms with E-state index in [1.54, 1.807) is 75.2 Å². The highest BCUT2D eigenvalue weighted by Crippen LogP contribution is 2.28. The molecule has 0 aliphatic rings. The maximum absolute atomic E-state index is 13.5. The van der Waals surface area contributed by atoms with E-state index in [1.165, 1.54) is 4.90 Å². The van der Waals surface area contributed by atoms with Gasteiger partial charge in [0.1, 0.15) is 5.82 Å². The lowest BCUT2D eigenvalue weighted by molar-refractivity contribution is 0.0770. The van der Waals surface area contributed by atoms with Gasteiger partial charge in [0, 0.05) is 40.7 Å². The van der Waals surface area contributed by atoms with Gasteiger partial charge in [0.2, 0.25) is 0 Å². The van der Waals surface area contributed by atoms with Crippen LogP contribution in [0.4, 0.5) is 0 Å². The Hall–Kier alpha value is -4.66. The van der Waals surface area contributed by atoms with Crippen molar-refractivity contribution in [3.8, 4) is 11.5 Å². The minimum absolute atomic E-state index is 0.128. The van der Waals surface area contributed by atoms with Gasteiger partial charge >= 0.3 is 0 Å². The molecule has 0 saturated heterocycles. The molecule has 0 bridgehead atoms. The second kappa shape index (κ2) is 12.5. The molecule has 9 nitrogen and oxygen atoms in total. The molecule has 1 heterocycles. The minimum Gasteiger partial charge on any atom is -0.493 e. The molecular weight excluding hydrogens is 508 g/mol. The Morgan fingerprint density at radius 1 is 0.825 bits per heavy atom. The molecule has 4 aromatic rings. The van der Waals surface area contributed by atoms with Crippen LogP contribution in [0.15, 0.2) is 71.5 Å². The smallest absolute Gasteiger partial charge is 0.261 e. The zero-order chi connectivity index (χ0) is 28.8. The van der Waals surface area contributed by atoms with Crippen molar-refractivity contribution in [2.45, 2.75) is 19.4 Å². The summed E-state index contributed by atoms with van der Waals surface area (Å²) >= 11 is 0. The largest absolute Gasteiger partial charge is 0.493 e. The lowest BCUT2D eigenvalue weighted by atomic mass is 10.1. The van der Waals surface area contributed by atoms with Gasteiger partial charge in [0.05, 0.1) is 36.2 Å². The predicted molar refractivity (Wildman–Crippen MR) is 154 cm³/mol. The maximum atomic E-state index is 13.5. The SMILES string of the molecule is COc1ccc(CCn2c(CCN(C)C(=O)c3ccccc3C(=O)N(C)C)nc3ccccc3c2=O)cc1OC. The fourth-order valence-corrected chi connectivity index (χ4v) is 4.58. The van der Waals surface area contributed by atoms with E-state index in [-0.39, 0.29) is 17.4 Å². The van der Waals surface area contributed by atoms with Crippen LogP contribution in [-0.2, 0) is 19.4 Å². The summed E-state index contributed by atoms with van der Waals surface area (Å²) in [6.45, 7) is 0.712. The molecule has 0 spiro atoms. The average molecular weight is 543 g/mol. The third-order valence-corrected chi connectivity index (χ3v) is 6.82. The quantitative estimate of drug-likeness (QED) is 0.304. The highest BCUT2D eigenvalue weighted by atomic mass is 16.5. The lowest BCUT2D eigenvalue weighted by Crippen LogP contribution is -2.33. The Morgan fingerprint density at radius 3 is 2.15 bits per heavy atom. The van der Waals surface area contributed by atoms with Gasteiger partial charge in [-0.3, -0.25) is 19.0 Å². The van der Waals surface area contributed by atoms with Gasteiger partial charge in [-0.2, -0.15) is 0 Å². The van der Waals surface area contributed by atoms with Gasteiger partial charge in [0.25, 0.3) is 17.4 Å². The zero-order valence-electron chi connectivity index (χ0n) is 23.5. The van der Waals surface area contributed by atoms with E-state index in [1.807, 2.05) is 36.4 Å². The standard InChI is InChI=1S/C31H34N4O5/c1-33(2)29(36)22-10-6-7-11-23(22)30(37)34(3)18-17-28-32-25-13-9-8-12-24(25)31(38)35(28)19-16-21-14-15-26(39-4)27(20-21)40-5/h6-15,20H,16-19H2,1-5H3. The number of carbonyl (C=O) groups excluding carboxylic acids is 2. The van der Waals surface area contributed by atoms with Gasteiger partial charge in [-0.15, -0.1) is 0 Å². The summed E-state index contributed by atoms with van der Waals surface area (Å²) in [5.41, 5.74) is 2.15. The van der Waals surface area contributed by atoms with Crippen LogP contribution < -0.4 is 15.0 Å². The van der Waals surface area contributed by atoms with Crippen molar-refractivity contribution in [1.82, 2.24) is 19.4 Å². The molecule has 1 aromatic heterocycles. The number of amides is 2. The molecule has 0 saturated carbocycles. The Kier molecular flexibility index (Phi) is 8.83. The molecule has 0 fully saturated rings. The number of ether oxygens (including phenoxy) is 2. The van der Waals surface area contributed by atoms with Crippen molar-refractivity contribution in [3.63, 3.8) is 0 Å². The van der Waals surface area contributed by atoms with Crippen molar-refractivity contribution in [2.24, 2.45) is 0 Å². The molecule has 0 N–H and O–H groups in total. The average Bonchev–Trinajstić information content (AvgIpc) is 2.98. The van der Waals surface area contributed by atoms with E-state index in [2.05, 4.69) is 0 Å². The number of para-hydroxylation sites is 1. The molecule has 0 radical (unpaired) electrons. The van der Waals surface area contributed by atoms with Crippen LogP contribution in [0, 0.1) is 0 Å². The van der Waals surface area contributed by atoms with E-state index in [0.717, 1.165) is 5.56 Å². The second-order valence-electron chi connectivity index (χ2n) is 9.66. The molecular formula is C31H34N4O5. The summed E-state index contributed by atoms with van der Waals surface area (Å²) in [4.78, 5) is 47.3. The number of rotatable bonds is 10. The third-order valence-electron chi connectivity index (χ3n) is 6.82. The van der Waals surface area contributed by atoms with E-state index < -0.39 is 0 Å². The van der Waals surface area contributed by atoms with E-state index >= 15 is 0 Å². The number of aromatic nitrogens is 2. The lowest BCUT2D eigenvalue weighted by Gasteiger charge is -2.21. The second-order valence-corrected chi connectivity index (χ2v) is 9.66. The number of nitrogens with zero attached hydrogens (tertiary/aromatic N) is 4. The highest BCUT2D eigenvalue weighted by molar-refractivity contribution is 6.07. The number of hydrogen-bond acceptors (Lipinski definition) is 6. The molecule has 40 heavy (non-hydrogen) atoms. The summed E-state index contributed by atoms with van der Waals surface area (Å²) in [6.07, 6.45) is 0.931. The first-order valence-corrected chi connectivity index (χ1v) is 13.0. The summed E-state index contributed by atoms with van der Waals surface area (Å²) < 4.78 is 12.4. The molecule has 208 valence electrons. The summed E-state index contributed by atoms with van der Waals surface area (Å²) in [5, 5.41) is 0.541. The normalized spacial score (nSPS) is 10.8. The fraction of sp³-hybridized carbons (Fsp3) is 0.290. The van der Waals surface area contributed by atoms with E-state index in [4.69, 9.17) is 14.5 Å². The fourth-order valence-electron chi connectivity index (χ4n) is 4.58. The zero-order valence-corrected chi connectivity index (χ0v) is 23.5. The van der Waals surface area contributed by atoms with Crippen LogP contribution >= 0.6 is 0 Å². The molecule has 0 aliphatic heterocycles. The molecule has 0 unspecified atom stereocenters. The Bertz CT molecular complexity index is 1590. The van der Waals surface area contributed by atoms with Gasteiger partial charge in [-0.25, -0.2) is 4.98 Å². The first-order chi connectivity index (χ1) is 19.2. The maximum Gasteiger partial charge on any atom is 0.261 e. The van der Waals surface area contributed by atoms with Gasteiger partial charge < -0.3 is 19.3 Å². The number of hydrogen-bond donors (Lipinski definition) is 0. The van der Waals surface area contributed by atoms with Gasteiger partial charge in [-0.05, 0) is 48.4 Å². The molecule has 0 atom stereocenters. The van der Waals surface area contributed by atoms with Crippen LogP contribution in [-0.4, -0.2) is 73.1 Å².